The molecule has 0 radical (unpaired) electrons. The van der Waals surface area contributed by atoms with Crippen LogP contribution in [-0.4, -0.2) is 29.7 Å². The normalized spacial score (nSPS) is 19.7. The van der Waals surface area contributed by atoms with Crippen LogP contribution in [0.5, 0.6) is 5.75 Å². The summed E-state index contributed by atoms with van der Waals surface area (Å²) in [4.78, 5) is 2.40. The van der Waals surface area contributed by atoms with Crippen LogP contribution in [0.15, 0.2) is 12.1 Å². The van der Waals surface area contributed by atoms with Gasteiger partial charge in [0, 0.05) is 18.2 Å². The molecule has 1 aliphatic heterocycles. The second kappa shape index (κ2) is 5.72. The lowest BCUT2D eigenvalue weighted by Crippen LogP contribution is -2.36. The highest BCUT2D eigenvalue weighted by molar-refractivity contribution is 5.44. The predicted octanol–water partition coefficient (Wildman–Crippen LogP) is 2.34. The van der Waals surface area contributed by atoms with Gasteiger partial charge < -0.3 is 9.84 Å². The van der Waals surface area contributed by atoms with E-state index in [-0.39, 0.29) is 6.61 Å². The molecule has 0 saturated heterocycles. The Labute approximate surface area is 109 Å². The highest BCUT2D eigenvalue weighted by Gasteiger charge is 2.23. The van der Waals surface area contributed by atoms with E-state index in [0.717, 1.165) is 30.7 Å². The number of fused-ring (bicyclic) bond motifs is 1. The SMILES string of the molecule is CCOc1cc2c(cc1CO)CC(CC)N(C)C2. The van der Waals surface area contributed by atoms with Crippen molar-refractivity contribution in [1.29, 1.82) is 0 Å². The van der Waals surface area contributed by atoms with Gasteiger partial charge in [-0.3, -0.25) is 4.90 Å². The van der Waals surface area contributed by atoms with Crippen LogP contribution >= 0.6 is 0 Å². The number of rotatable bonds is 4. The Balaban J connectivity index is 2.34. The van der Waals surface area contributed by atoms with E-state index in [9.17, 15) is 5.11 Å². The summed E-state index contributed by atoms with van der Waals surface area (Å²) in [7, 11) is 2.18. The van der Waals surface area contributed by atoms with Crippen LogP contribution in [0.2, 0.25) is 0 Å². The molecule has 1 atom stereocenters. The lowest BCUT2D eigenvalue weighted by molar-refractivity contribution is 0.208. The summed E-state index contributed by atoms with van der Waals surface area (Å²) >= 11 is 0. The molecule has 1 aromatic rings. The average Bonchev–Trinajstić information content (AvgIpc) is 2.37. The zero-order chi connectivity index (χ0) is 13.1. The molecule has 0 saturated carbocycles. The van der Waals surface area contributed by atoms with Gasteiger partial charge in [0.2, 0.25) is 0 Å². The molecule has 1 aliphatic rings. The molecule has 0 spiro atoms. The number of ether oxygens (including phenoxy) is 1. The van der Waals surface area contributed by atoms with E-state index >= 15 is 0 Å². The van der Waals surface area contributed by atoms with E-state index in [1.807, 2.05) is 6.92 Å². The molecule has 1 heterocycles. The molecule has 1 unspecified atom stereocenters. The first kappa shape index (κ1) is 13.4. The number of hydrogen-bond donors (Lipinski definition) is 1. The van der Waals surface area contributed by atoms with Crippen molar-refractivity contribution in [3.63, 3.8) is 0 Å². The molecule has 0 amide bonds. The van der Waals surface area contributed by atoms with Crippen molar-refractivity contribution < 1.29 is 9.84 Å². The van der Waals surface area contributed by atoms with E-state index in [2.05, 4.69) is 31.0 Å². The Hall–Kier alpha value is -1.06. The maximum absolute atomic E-state index is 9.43. The minimum Gasteiger partial charge on any atom is -0.493 e. The molecule has 3 heteroatoms. The fourth-order valence-electron chi connectivity index (χ4n) is 2.73. The molecule has 100 valence electrons. The smallest absolute Gasteiger partial charge is 0.125 e. The van der Waals surface area contributed by atoms with Gasteiger partial charge in [-0.25, -0.2) is 0 Å². The number of aliphatic hydroxyl groups excluding tert-OH is 1. The minimum absolute atomic E-state index is 0.0508. The molecule has 0 aromatic heterocycles. The third kappa shape index (κ3) is 2.52. The van der Waals surface area contributed by atoms with Gasteiger partial charge in [0.15, 0.2) is 0 Å². The first-order chi connectivity index (χ1) is 8.69. The number of hydrogen-bond acceptors (Lipinski definition) is 3. The molecule has 0 aliphatic carbocycles. The standard InChI is InChI=1S/C15H23NO2/c1-4-14-7-11-6-13(10-17)15(18-5-2)8-12(11)9-16(14)3/h6,8,14,17H,4-5,7,9-10H2,1-3H3. The van der Waals surface area contributed by atoms with Gasteiger partial charge in [-0.15, -0.1) is 0 Å². The number of benzene rings is 1. The fourth-order valence-corrected chi connectivity index (χ4v) is 2.73. The lowest BCUT2D eigenvalue weighted by Gasteiger charge is -2.34. The molecule has 1 N–H and O–H groups in total. The Morgan fingerprint density at radius 2 is 2.11 bits per heavy atom. The largest absolute Gasteiger partial charge is 0.493 e. The van der Waals surface area contributed by atoms with Gasteiger partial charge >= 0.3 is 0 Å². The van der Waals surface area contributed by atoms with Crippen molar-refractivity contribution >= 4 is 0 Å². The van der Waals surface area contributed by atoms with Crippen molar-refractivity contribution in [1.82, 2.24) is 4.90 Å². The third-order valence-corrected chi connectivity index (χ3v) is 3.82. The second-order valence-corrected chi connectivity index (χ2v) is 5.00. The van der Waals surface area contributed by atoms with Crippen LogP contribution in [0.1, 0.15) is 37.0 Å². The zero-order valence-electron chi connectivity index (χ0n) is 11.6. The van der Waals surface area contributed by atoms with E-state index in [0.29, 0.717) is 12.6 Å². The molecule has 18 heavy (non-hydrogen) atoms. The van der Waals surface area contributed by atoms with E-state index in [4.69, 9.17) is 4.74 Å². The summed E-state index contributed by atoms with van der Waals surface area (Å²) in [5.41, 5.74) is 3.62. The monoisotopic (exact) mass is 249 g/mol. The second-order valence-electron chi connectivity index (χ2n) is 5.00. The van der Waals surface area contributed by atoms with Crippen LogP contribution < -0.4 is 4.74 Å². The topological polar surface area (TPSA) is 32.7 Å². The predicted molar refractivity (Wildman–Crippen MR) is 72.8 cm³/mol. The highest BCUT2D eigenvalue weighted by Crippen LogP contribution is 2.30. The summed E-state index contributed by atoms with van der Waals surface area (Å²) in [5, 5.41) is 9.43. The van der Waals surface area contributed by atoms with Crippen molar-refractivity contribution in [2.45, 2.75) is 45.9 Å². The molecule has 0 fully saturated rings. The Kier molecular flexibility index (Phi) is 4.25. The molecule has 0 bridgehead atoms. The average molecular weight is 249 g/mol. The number of nitrogens with zero attached hydrogens (tertiary/aromatic N) is 1. The fraction of sp³-hybridized carbons (Fsp3) is 0.600. The van der Waals surface area contributed by atoms with Crippen LogP contribution in [0.3, 0.4) is 0 Å². The molecule has 1 aromatic carbocycles. The van der Waals surface area contributed by atoms with Crippen molar-refractivity contribution in [3.05, 3.63) is 28.8 Å². The summed E-state index contributed by atoms with van der Waals surface area (Å²) in [6.45, 7) is 5.86. The quantitative estimate of drug-likeness (QED) is 0.889. The van der Waals surface area contributed by atoms with Gasteiger partial charge in [-0.2, -0.15) is 0 Å². The van der Waals surface area contributed by atoms with E-state index in [1.54, 1.807) is 0 Å². The Morgan fingerprint density at radius 3 is 2.72 bits per heavy atom. The summed E-state index contributed by atoms with van der Waals surface area (Å²) < 4.78 is 5.60. The van der Waals surface area contributed by atoms with Crippen LogP contribution in [0.25, 0.3) is 0 Å². The van der Waals surface area contributed by atoms with E-state index < -0.39 is 0 Å². The third-order valence-electron chi connectivity index (χ3n) is 3.82. The maximum Gasteiger partial charge on any atom is 0.125 e. The molecular weight excluding hydrogens is 226 g/mol. The summed E-state index contributed by atoms with van der Waals surface area (Å²) in [6.07, 6.45) is 2.24. The minimum atomic E-state index is 0.0508. The first-order valence-corrected chi connectivity index (χ1v) is 6.78. The molecule has 3 nitrogen and oxygen atoms in total. The van der Waals surface area contributed by atoms with Gasteiger partial charge in [-0.05, 0) is 50.1 Å². The lowest BCUT2D eigenvalue weighted by atomic mass is 9.91. The van der Waals surface area contributed by atoms with Crippen LogP contribution in [0, 0.1) is 0 Å². The first-order valence-electron chi connectivity index (χ1n) is 6.78. The maximum atomic E-state index is 9.43. The number of aliphatic hydroxyl groups is 1. The Morgan fingerprint density at radius 1 is 1.33 bits per heavy atom. The van der Waals surface area contributed by atoms with Crippen molar-refractivity contribution in [2.24, 2.45) is 0 Å². The summed E-state index contributed by atoms with van der Waals surface area (Å²) in [6, 6.07) is 4.84. The molecular formula is C15H23NO2. The molecule has 2 rings (SSSR count). The zero-order valence-corrected chi connectivity index (χ0v) is 11.6. The van der Waals surface area contributed by atoms with Crippen molar-refractivity contribution in [3.8, 4) is 5.75 Å². The highest BCUT2D eigenvalue weighted by atomic mass is 16.5. The van der Waals surface area contributed by atoms with E-state index in [1.165, 1.54) is 11.1 Å². The number of likely N-dealkylation sites (N-methyl/N-ethyl adjacent to an activating group) is 1. The van der Waals surface area contributed by atoms with Gasteiger partial charge in [0.1, 0.15) is 5.75 Å². The van der Waals surface area contributed by atoms with Gasteiger partial charge in [0.05, 0.1) is 13.2 Å². The van der Waals surface area contributed by atoms with Crippen molar-refractivity contribution in [2.75, 3.05) is 13.7 Å². The van der Waals surface area contributed by atoms with Crippen LogP contribution in [-0.2, 0) is 19.6 Å². The van der Waals surface area contributed by atoms with Crippen LogP contribution in [0.4, 0.5) is 0 Å². The Bertz CT molecular complexity index is 417. The summed E-state index contributed by atoms with van der Waals surface area (Å²) in [5.74, 6) is 0.835. The van der Waals surface area contributed by atoms with Gasteiger partial charge in [0.25, 0.3) is 0 Å². The van der Waals surface area contributed by atoms with Gasteiger partial charge in [-0.1, -0.05) is 6.92 Å².